The standard InChI is InChI=1S/C12H20N2O4S2/c1-4-10(2)9-14(3)20(17,18)12-7-5-11(6-8-12)19(13,15)16/h5-8,10H,4,9H2,1-3H3,(H2,13,15,16). The molecule has 0 aromatic heterocycles. The van der Waals surface area contributed by atoms with Crippen molar-refractivity contribution >= 4 is 20.0 Å². The summed E-state index contributed by atoms with van der Waals surface area (Å²) in [6, 6.07) is 4.89. The number of hydrogen-bond donors (Lipinski definition) is 1. The van der Waals surface area contributed by atoms with Crippen LogP contribution < -0.4 is 5.14 Å². The molecule has 0 saturated heterocycles. The molecule has 1 aromatic carbocycles. The van der Waals surface area contributed by atoms with E-state index in [1.54, 1.807) is 0 Å². The van der Waals surface area contributed by atoms with Gasteiger partial charge in [0.25, 0.3) is 0 Å². The molecule has 1 aromatic rings. The van der Waals surface area contributed by atoms with Gasteiger partial charge in [-0.3, -0.25) is 0 Å². The predicted octanol–water partition coefficient (Wildman–Crippen LogP) is 1.00. The van der Waals surface area contributed by atoms with Crippen molar-refractivity contribution in [1.29, 1.82) is 0 Å². The van der Waals surface area contributed by atoms with E-state index in [0.29, 0.717) is 6.54 Å². The minimum absolute atomic E-state index is 0.0516. The van der Waals surface area contributed by atoms with Crippen molar-refractivity contribution in [3.05, 3.63) is 24.3 Å². The first kappa shape index (κ1) is 17.1. The Bertz CT molecular complexity index is 651. The van der Waals surface area contributed by atoms with Gasteiger partial charge in [0.2, 0.25) is 20.0 Å². The molecule has 2 N–H and O–H groups in total. The summed E-state index contributed by atoms with van der Waals surface area (Å²) in [6.07, 6.45) is 0.879. The van der Waals surface area contributed by atoms with Gasteiger partial charge in [0.1, 0.15) is 0 Å². The number of rotatable bonds is 6. The second-order valence-corrected chi connectivity index (χ2v) is 8.42. The quantitative estimate of drug-likeness (QED) is 0.845. The van der Waals surface area contributed by atoms with Crippen molar-refractivity contribution in [3.63, 3.8) is 0 Å². The maximum Gasteiger partial charge on any atom is 0.242 e. The van der Waals surface area contributed by atoms with Crippen LogP contribution in [-0.2, 0) is 20.0 Å². The number of hydrogen-bond acceptors (Lipinski definition) is 4. The lowest BCUT2D eigenvalue weighted by atomic mass is 10.1. The SMILES string of the molecule is CCC(C)CN(C)S(=O)(=O)c1ccc(S(N)(=O)=O)cc1. The first-order valence-corrected chi connectivity index (χ1v) is 9.17. The molecule has 20 heavy (non-hydrogen) atoms. The fraction of sp³-hybridized carbons (Fsp3) is 0.500. The van der Waals surface area contributed by atoms with Crippen LogP contribution in [0.15, 0.2) is 34.1 Å². The summed E-state index contributed by atoms with van der Waals surface area (Å²) in [5, 5.41) is 4.97. The van der Waals surface area contributed by atoms with Crippen molar-refractivity contribution < 1.29 is 16.8 Å². The molecule has 0 spiro atoms. The minimum Gasteiger partial charge on any atom is -0.225 e. The molecular formula is C12H20N2O4S2. The lowest BCUT2D eigenvalue weighted by Crippen LogP contribution is -2.31. The van der Waals surface area contributed by atoms with Gasteiger partial charge in [-0.05, 0) is 30.2 Å². The molecule has 6 nitrogen and oxygen atoms in total. The summed E-state index contributed by atoms with van der Waals surface area (Å²) < 4.78 is 48.1. The monoisotopic (exact) mass is 320 g/mol. The molecule has 1 unspecified atom stereocenters. The van der Waals surface area contributed by atoms with Gasteiger partial charge in [0.05, 0.1) is 9.79 Å². The predicted molar refractivity (Wildman–Crippen MR) is 77.1 cm³/mol. The molecule has 0 bridgehead atoms. The van der Waals surface area contributed by atoms with E-state index in [9.17, 15) is 16.8 Å². The van der Waals surface area contributed by atoms with Crippen molar-refractivity contribution in [2.45, 2.75) is 30.1 Å². The number of nitrogens with zero attached hydrogens (tertiary/aromatic N) is 1. The third kappa shape index (κ3) is 4.02. The molecule has 0 fully saturated rings. The van der Waals surface area contributed by atoms with Gasteiger partial charge in [-0.25, -0.2) is 26.3 Å². The van der Waals surface area contributed by atoms with Crippen LogP contribution in [0.25, 0.3) is 0 Å². The summed E-state index contributed by atoms with van der Waals surface area (Å²) in [5.74, 6) is 0.249. The smallest absolute Gasteiger partial charge is 0.225 e. The molecule has 114 valence electrons. The van der Waals surface area contributed by atoms with Crippen molar-refractivity contribution in [2.24, 2.45) is 11.1 Å². The van der Waals surface area contributed by atoms with Crippen LogP contribution in [0.4, 0.5) is 0 Å². The summed E-state index contributed by atoms with van der Waals surface area (Å²) in [7, 11) is -5.92. The summed E-state index contributed by atoms with van der Waals surface area (Å²) in [4.78, 5) is -0.0586. The molecule has 0 aliphatic carbocycles. The van der Waals surface area contributed by atoms with Crippen LogP contribution in [0.1, 0.15) is 20.3 Å². The Morgan fingerprint density at radius 3 is 1.95 bits per heavy atom. The van der Waals surface area contributed by atoms with Gasteiger partial charge in [-0.1, -0.05) is 20.3 Å². The zero-order valence-corrected chi connectivity index (χ0v) is 13.4. The van der Waals surface area contributed by atoms with E-state index in [4.69, 9.17) is 5.14 Å². The Balaban J connectivity index is 3.05. The normalized spacial score (nSPS) is 14.4. The van der Waals surface area contributed by atoms with Crippen LogP contribution in [-0.4, -0.2) is 34.7 Å². The molecular weight excluding hydrogens is 300 g/mol. The van der Waals surface area contributed by atoms with Gasteiger partial charge in [0, 0.05) is 13.6 Å². The fourth-order valence-electron chi connectivity index (χ4n) is 1.65. The zero-order valence-electron chi connectivity index (χ0n) is 11.8. The number of primary sulfonamides is 1. The Hall–Kier alpha value is -0.960. The second kappa shape index (κ2) is 6.21. The number of nitrogens with two attached hydrogens (primary N) is 1. The topological polar surface area (TPSA) is 97.5 Å². The molecule has 0 radical (unpaired) electrons. The Morgan fingerprint density at radius 1 is 1.10 bits per heavy atom. The zero-order chi connectivity index (χ0) is 15.6. The van der Waals surface area contributed by atoms with Crippen molar-refractivity contribution in [2.75, 3.05) is 13.6 Å². The Kier molecular flexibility index (Phi) is 5.31. The van der Waals surface area contributed by atoms with Crippen LogP contribution in [0, 0.1) is 5.92 Å². The molecule has 0 heterocycles. The first-order valence-electron chi connectivity index (χ1n) is 6.18. The van der Waals surface area contributed by atoms with Gasteiger partial charge in [0.15, 0.2) is 0 Å². The van der Waals surface area contributed by atoms with Crippen molar-refractivity contribution in [1.82, 2.24) is 4.31 Å². The molecule has 1 atom stereocenters. The third-order valence-electron chi connectivity index (χ3n) is 3.13. The van der Waals surface area contributed by atoms with E-state index in [1.165, 1.54) is 35.6 Å². The van der Waals surface area contributed by atoms with E-state index in [-0.39, 0.29) is 15.7 Å². The molecule has 8 heteroatoms. The van der Waals surface area contributed by atoms with E-state index in [2.05, 4.69) is 0 Å². The maximum absolute atomic E-state index is 12.3. The van der Waals surface area contributed by atoms with E-state index < -0.39 is 20.0 Å². The highest BCUT2D eigenvalue weighted by Crippen LogP contribution is 2.18. The van der Waals surface area contributed by atoms with Crippen LogP contribution in [0.2, 0.25) is 0 Å². The second-order valence-electron chi connectivity index (χ2n) is 4.82. The molecule has 0 aliphatic rings. The highest BCUT2D eigenvalue weighted by Gasteiger charge is 2.22. The molecule has 0 amide bonds. The molecule has 0 saturated carbocycles. The highest BCUT2D eigenvalue weighted by atomic mass is 32.2. The van der Waals surface area contributed by atoms with E-state index in [0.717, 1.165) is 6.42 Å². The molecule has 0 aliphatic heterocycles. The van der Waals surface area contributed by atoms with Gasteiger partial charge >= 0.3 is 0 Å². The van der Waals surface area contributed by atoms with E-state index in [1.807, 2.05) is 13.8 Å². The highest BCUT2D eigenvalue weighted by molar-refractivity contribution is 7.89. The van der Waals surface area contributed by atoms with Crippen LogP contribution in [0.3, 0.4) is 0 Å². The first-order chi connectivity index (χ1) is 9.09. The molecule has 1 rings (SSSR count). The summed E-state index contributed by atoms with van der Waals surface area (Å²) >= 11 is 0. The largest absolute Gasteiger partial charge is 0.242 e. The summed E-state index contributed by atoms with van der Waals surface area (Å²) in [5.41, 5.74) is 0. The van der Waals surface area contributed by atoms with Gasteiger partial charge < -0.3 is 0 Å². The maximum atomic E-state index is 12.3. The van der Waals surface area contributed by atoms with Crippen LogP contribution >= 0.6 is 0 Å². The Labute approximate surface area is 120 Å². The van der Waals surface area contributed by atoms with E-state index >= 15 is 0 Å². The average Bonchev–Trinajstić information content (AvgIpc) is 2.37. The summed E-state index contributed by atoms with van der Waals surface area (Å²) in [6.45, 7) is 4.37. The lowest BCUT2D eigenvalue weighted by molar-refractivity contribution is 0.393. The minimum atomic E-state index is -3.82. The van der Waals surface area contributed by atoms with Crippen molar-refractivity contribution in [3.8, 4) is 0 Å². The van der Waals surface area contributed by atoms with Gasteiger partial charge in [-0.15, -0.1) is 0 Å². The third-order valence-corrected chi connectivity index (χ3v) is 5.89. The van der Waals surface area contributed by atoms with Gasteiger partial charge in [-0.2, -0.15) is 0 Å². The van der Waals surface area contributed by atoms with Crippen LogP contribution in [0.5, 0.6) is 0 Å². The average molecular weight is 320 g/mol. The number of benzene rings is 1. The lowest BCUT2D eigenvalue weighted by Gasteiger charge is -2.20. The Morgan fingerprint density at radius 2 is 1.55 bits per heavy atom. The fourth-order valence-corrected chi connectivity index (χ4v) is 3.45. The number of sulfonamides is 2.